The van der Waals surface area contributed by atoms with E-state index in [-0.39, 0.29) is 30.8 Å². The van der Waals surface area contributed by atoms with Crippen LogP contribution in [0.25, 0.3) is 0 Å². The Bertz CT molecular complexity index is 468. The summed E-state index contributed by atoms with van der Waals surface area (Å²) in [6.45, 7) is 7.23. The molecule has 0 fully saturated rings. The van der Waals surface area contributed by atoms with E-state index in [1.165, 1.54) is 4.90 Å². The molecular formula is C12H20N4O3. The quantitative estimate of drug-likeness (QED) is 0.766. The lowest BCUT2D eigenvalue weighted by Gasteiger charge is -2.25. The van der Waals surface area contributed by atoms with Gasteiger partial charge in [0, 0.05) is 6.04 Å². The SMILES string of the molecule is CCOC(=O)CN(C(=O)c1n[nH]c(C)c1N)C(C)C. The monoisotopic (exact) mass is 268 g/mol. The molecule has 0 aromatic carbocycles. The predicted octanol–water partition coefficient (Wildman–Crippen LogP) is 0.714. The second-order valence-corrected chi connectivity index (χ2v) is 4.44. The fraction of sp³-hybridized carbons (Fsp3) is 0.583. The zero-order valence-electron chi connectivity index (χ0n) is 11.7. The third kappa shape index (κ3) is 3.46. The summed E-state index contributed by atoms with van der Waals surface area (Å²) in [5.74, 6) is -0.833. The summed E-state index contributed by atoms with van der Waals surface area (Å²) in [6.07, 6.45) is 0. The molecule has 0 atom stereocenters. The van der Waals surface area contributed by atoms with Crippen molar-refractivity contribution in [2.45, 2.75) is 33.7 Å². The molecule has 0 saturated carbocycles. The number of nitrogens with two attached hydrogens (primary N) is 1. The first kappa shape index (κ1) is 15.0. The number of ether oxygens (including phenoxy) is 1. The number of hydrogen-bond acceptors (Lipinski definition) is 5. The predicted molar refractivity (Wildman–Crippen MR) is 70.5 cm³/mol. The maximum atomic E-state index is 12.3. The summed E-state index contributed by atoms with van der Waals surface area (Å²) in [5, 5.41) is 6.53. The summed E-state index contributed by atoms with van der Waals surface area (Å²) in [6, 6.07) is -0.159. The molecule has 7 nitrogen and oxygen atoms in total. The van der Waals surface area contributed by atoms with Crippen molar-refractivity contribution in [3.63, 3.8) is 0 Å². The Morgan fingerprint density at radius 3 is 2.53 bits per heavy atom. The molecule has 0 aliphatic carbocycles. The van der Waals surface area contributed by atoms with Crippen LogP contribution in [0.1, 0.15) is 37.0 Å². The van der Waals surface area contributed by atoms with Gasteiger partial charge in [-0.3, -0.25) is 14.7 Å². The molecule has 19 heavy (non-hydrogen) atoms. The number of aromatic amines is 1. The highest BCUT2D eigenvalue weighted by atomic mass is 16.5. The number of carbonyl (C=O) groups excluding carboxylic acids is 2. The van der Waals surface area contributed by atoms with Gasteiger partial charge in [-0.25, -0.2) is 0 Å². The minimum absolute atomic E-state index is 0.115. The number of aryl methyl sites for hydroxylation is 1. The standard InChI is InChI=1S/C12H20N4O3/c1-5-19-9(17)6-16(7(2)3)12(18)11-10(13)8(4)14-15-11/h7H,5-6,13H2,1-4H3,(H,14,15). The Morgan fingerprint density at radius 2 is 2.11 bits per heavy atom. The van der Waals surface area contributed by atoms with Crippen molar-refractivity contribution in [3.8, 4) is 0 Å². The van der Waals surface area contributed by atoms with E-state index in [1.807, 2.05) is 13.8 Å². The summed E-state index contributed by atoms with van der Waals surface area (Å²) >= 11 is 0. The van der Waals surface area contributed by atoms with Gasteiger partial charge < -0.3 is 15.4 Å². The first-order valence-corrected chi connectivity index (χ1v) is 6.15. The molecule has 1 amide bonds. The van der Waals surface area contributed by atoms with Crippen LogP contribution >= 0.6 is 0 Å². The normalized spacial score (nSPS) is 10.6. The van der Waals surface area contributed by atoms with E-state index in [0.29, 0.717) is 11.4 Å². The fourth-order valence-electron chi connectivity index (χ4n) is 1.57. The molecule has 0 saturated heterocycles. The van der Waals surface area contributed by atoms with Gasteiger partial charge in [0.1, 0.15) is 6.54 Å². The van der Waals surface area contributed by atoms with E-state index >= 15 is 0 Å². The van der Waals surface area contributed by atoms with E-state index in [4.69, 9.17) is 10.5 Å². The van der Waals surface area contributed by atoms with Crippen molar-refractivity contribution in [2.24, 2.45) is 0 Å². The average Bonchev–Trinajstić information content (AvgIpc) is 2.66. The molecule has 7 heteroatoms. The van der Waals surface area contributed by atoms with Gasteiger partial charge in [-0.2, -0.15) is 5.10 Å². The first-order valence-electron chi connectivity index (χ1n) is 6.15. The maximum absolute atomic E-state index is 12.3. The second kappa shape index (κ2) is 6.21. The van der Waals surface area contributed by atoms with Gasteiger partial charge in [-0.1, -0.05) is 0 Å². The van der Waals surface area contributed by atoms with E-state index < -0.39 is 5.97 Å². The van der Waals surface area contributed by atoms with Crippen LogP contribution in [-0.4, -0.2) is 46.2 Å². The minimum Gasteiger partial charge on any atom is -0.465 e. The summed E-state index contributed by atoms with van der Waals surface area (Å²) < 4.78 is 4.85. The third-order valence-corrected chi connectivity index (χ3v) is 2.69. The minimum atomic E-state index is -0.449. The van der Waals surface area contributed by atoms with Crippen LogP contribution < -0.4 is 5.73 Å². The van der Waals surface area contributed by atoms with Gasteiger partial charge in [0.05, 0.1) is 18.0 Å². The molecule has 1 aromatic rings. The first-order chi connectivity index (χ1) is 8.88. The van der Waals surface area contributed by atoms with E-state index in [2.05, 4.69) is 10.2 Å². The number of rotatable bonds is 5. The molecule has 106 valence electrons. The number of aromatic nitrogens is 2. The summed E-state index contributed by atoms with van der Waals surface area (Å²) in [5.41, 5.74) is 6.84. The zero-order valence-corrected chi connectivity index (χ0v) is 11.7. The molecule has 0 aliphatic heterocycles. The Morgan fingerprint density at radius 1 is 1.47 bits per heavy atom. The zero-order chi connectivity index (χ0) is 14.6. The Kier molecular flexibility index (Phi) is 4.91. The number of esters is 1. The number of nitrogens with zero attached hydrogens (tertiary/aromatic N) is 2. The lowest BCUT2D eigenvalue weighted by Crippen LogP contribution is -2.41. The number of hydrogen-bond donors (Lipinski definition) is 2. The van der Waals surface area contributed by atoms with E-state index in [1.54, 1.807) is 13.8 Å². The second-order valence-electron chi connectivity index (χ2n) is 4.44. The smallest absolute Gasteiger partial charge is 0.325 e. The van der Waals surface area contributed by atoms with Crippen LogP contribution in [0.4, 0.5) is 5.69 Å². The Balaban J connectivity index is 2.90. The van der Waals surface area contributed by atoms with Gasteiger partial charge in [-0.05, 0) is 27.7 Å². The number of nitrogen functional groups attached to an aromatic ring is 1. The van der Waals surface area contributed by atoms with Crippen LogP contribution in [0.15, 0.2) is 0 Å². The number of amides is 1. The number of H-pyrrole nitrogens is 1. The maximum Gasteiger partial charge on any atom is 0.325 e. The molecule has 0 bridgehead atoms. The molecule has 3 N–H and O–H groups in total. The van der Waals surface area contributed by atoms with E-state index in [9.17, 15) is 9.59 Å². The van der Waals surface area contributed by atoms with Gasteiger partial charge in [0.25, 0.3) is 5.91 Å². The van der Waals surface area contributed by atoms with Crippen molar-refractivity contribution >= 4 is 17.6 Å². The number of anilines is 1. The molecule has 0 unspecified atom stereocenters. The van der Waals surface area contributed by atoms with Crippen LogP contribution in [-0.2, 0) is 9.53 Å². The van der Waals surface area contributed by atoms with Crippen molar-refractivity contribution in [3.05, 3.63) is 11.4 Å². The molecule has 0 spiro atoms. The molecule has 1 aromatic heterocycles. The van der Waals surface area contributed by atoms with Gasteiger partial charge in [0.2, 0.25) is 0 Å². The Labute approximate surface area is 112 Å². The Hall–Kier alpha value is -2.05. The molecular weight excluding hydrogens is 248 g/mol. The van der Waals surface area contributed by atoms with Crippen LogP contribution in [0.3, 0.4) is 0 Å². The van der Waals surface area contributed by atoms with Crippen molar-refractivity contribution in [1.29, 1.82) is 0 Å². The molecule has 1 heterocycles. The van der Waals surface area contributed by atoms with Crippen LogP contribution in [0.2, 0.25) is 0 Å². The lowest BCUT2D eigenvalue weighted by atomic mass is 10.2. The molecule has 0 aliphatic rings. The topological polar surface area (TPSA) is 101 Å². The van der Waals surface area contributed by atoms with Crippen molar-refractivity contribution in [2.75, 3.05) is 18.9 Å². The van der Waals surface area contributed by atoms with Gasteiger partial charge >= 0.3 is 5.97 Å². The highest BCUT2D eigenvalue weighted by Crippen LogP contribution is 2.16. The number of carbonyl (C=O) groups is 2. The average molecular weight is 268 g/mol. The molecule has 1 rings (SSSR count). The third-order valence-electron chi connectivity index (χ3n) is 2.69. The van der Waals surface area contributed by atoms with E-state index in [0.717, 1.165) is 0 Å². The van der Waals surface area contributed by atoms with Gasteiger partial charge in [0.15, 0.2) is 5.69 Å². The molecule has 0 radical (unpaired) electrons. The van der Waals surface area contributed by atoms with Crippen LogP contribution in [0.5, 0.6) is 0 Å². The summed E-state index contributed by atoms with van der Waals surface area (Å²) in [7, 11) is 0. The highest BCUT2D eigenvalue weighted by molar-refractivity contribution is 5.99. The lowest BCUT2D eigenvalue weighted by molar-refractivity contribution is -0.144. The van der Waals surface area contributed by atoms with Crippen LogP contribution in [0, 0.1) is 6.92 Å². The fourth-order valence-corrected chi connectivity index (χ4v) is 1.57. The highest BCUT2D eigenvalue weighted by Gasteiger charge is 2.26. The van der Waals surface area contributed by atoms with Crippen molar-refractivity contribution < 1.29 is 14.3 Å². The van der Waals surface area contributed by atoms with Crippen molar-refractivity contribution in [1.82, 2.24) is 15.1 Å². The largest absolute Gasteiger partial charge is 0.465 e. The van der Waals surface area contributed by atoms with Gasteiger partial charge in [-0.15, -0.1) is 0 Å². The summed E-state index contributed by atoms with van der Waals surface area (Å²) in [4.78, 5) is 25.2. The number of nitrogens with one attached hydrogen (secondary N) is 1.